The molecule has 0 spiro atoms. The minimum atomic E-state index is -0.409. The van der Waals surface area contributed by atoms with Crippen LogP contribution < -0.4 is 5.73 Å². The highest BCUT2D eigenvalue weighted by Crippen LogP contribution is 2.27. The predicted octanol–water partition coefficient (Wildman–Crippen LogP) is 2.60. The van der Waals surface area contributed by atoms with Crippen LogP contribution in [0.15, 0.2) is 36.5 Å². The summed E-state index contributed by atoms with van der Waals surface area (Å²) >= 11 is 6.08. The molecule has 0 amide bonds. The van der Waals surface area contributed by atoms with Gasteiger partial charge in [-0.05, 0) is 31.2 Å². The fraction of sp³-hybridized carbons (Fsp3) is 0.231. The van der Waals surface area contributed by atoms with Gasteiger partial charge in [-0.15, -0.1) is 0 Å². The van der Waals surface area contributed by atoms with Gasteiger partial charge >= 0.3 is 0 Å². The molecular formula is C13H14ClN3O2. The largest absolute Gasteiger partial charge is 0.347 e. The molecule has 0 aliphatic heterocycles. The molecule has 1 aromatic heterocycles. The Kier molecular flexibility index (Phi) is 4.19. The molecule has 6 heteroatoms. The quantitative estimate of drug-likeness (QED) is 0.675. The summed E-state index contributed by atoms with van der Waals surface area (Å²) in [6.07, 6.45) is 2.60. The lowest BCUT2D eigenvalue weighted by atomic mass is 10.1. The summed E-state index contributed by atoms with van der Waals surface area (Å²) in [4.78, 5) is 10.6. The number of hydrogen-bond donors (Lipinski definition) is 1. The smallest absolute Gasteiger partial charge is 0.275 e. The first kappa shape index (κ1) is 13.6. The summed E-state index contributed by atoms with van der Waals surface area (Å²) in [6, 6.07) is 8.56. The van der Waals surface area contributed by atoms with Gasteiger partial charge in [0.25, 0.3) is 5.69 Å². The molecule has 1 aromatic carbocycles. The lowest BCUT2D eigenvalue weighted by Crippen LogP contribution is -2.10. The molecule has 0 saturated carbocycles. The Labute approximate surface area is 115 Å². The lowest BCUT2D eigenvalue weighted by molar-refractivity contribution is -0.385. The second-order valence-electron chi connectivity index (χ2n) is 4.16. The third kappa shape index (κ3) is 2.94. The first-order valence-corrected chi connectivity index (χ1v) is 6.27. The molecule has 0 fully saturated rings. The Hall–Kier alpha value is -1.85. The van der Waals surface area contributed by atoms with Crippen LogP contribution in [-0.4, -0.2) is 16.0 Å². The molecule has 0 saturated heterocycles. The number of benzene rings is 1. The standard InChI is InChI=1S/C13H14ClN3O2/c14-12-4-1-5-13(17(18)19)11(12)9-16-8-2-3-10(16)6-7-15/h1-5,8H,6-7,9,15H2. The van der Waals surface area contributed by atoms with Crippen molar-refractivity contribution in [2.75, 3.05) is 6.54 Å². The SMILES string of the molecule is NCCc1cccn1Cc1c(Cl)cccc1[N+](=O)[O-]. The van der Waals surface area contributed by atoms with E-state index in [0.29, 0.717) is 23.7 Å². The molecule has 2 aromatic rings. The highest BCUT2D eigenvalue weighted by Gasteiger charge is 2.17. The van der Waals surface area contributed by atoms with E-state index in [1.807, 2.05) is 22.9 Å². The molecule has 0 bridgehead atoms. The van der Waals surface area contributed by atoms with Crippen LogP contribution in [0, 0.1) is 10.1 Å². The van der Waals surface area contributed by atoms with E-state index >= 15 is 0 Å². The fourth-order valence-electron chi connectivity index (χ4n) is 2.02. The van der Waals surface area contributed by atoms with Crippen LogP contribution in [0.4, 0.5) is 5.69 Å². The maximum Gasteiger partial charge on any atom is 0.275 e. The third-order valence-corrected chi connectivity index (χ3v) is 3.30. The van der Waals surface area contributed by atoms with Crippen molar-refractivity contribution in [1.29, 1.82) is 0 Å². The number of hydrogen-bond acceptors (Lipinski definition) is 3. The van der Waals surface area contributed by atoms with Crippen molar-refractivity contribution in [1.82, 2.24) is 4.57 Å². The molecule has 5 nitrogen and oxygen atoms in total. The molecule has 0 aliphatic carbocycles. The minimum absolute atomic E-state index is 0.0416. The zero-order valence-electron chi connectivity index (χ0n) is 10.3. The van der Waals surface area contributed by atoms with Crippen molar-refractivity contribution < 1.29 is 4.92 Å². The molecule has 2 N–H and O–H groups in total. The van der Waals surface area contributed by atoms with Gasteiger partial charge in [-0.2, -0.15) is 0 Å². The van der Waals surface area contributed by atoms with Gasteiger partial charge in [0.2, 0.25) is 0 Å². The van der Waals surface area contributed by atoms with Crippen molar-refractivity contribution in [3.8, 4) is 0 Å². The number of rotatable bonds is 5. The summed E-state index contributed by atoms with van der Waals surface area (Å²) in [5.41, 5.74) is 7.14. The molecule has 0 unspecified atom stereocenters. The molecule has 100 valence electrons. The normalized spacial score (nSPS) is 10.6. The molecular weight excluding hydrogens is 266 g/mol. The Morgan fingerprint density at radius 2 is 2.11 bits per heavy atom. The van der Waals surface area contributed by atoms with E-state index in [9.17, 15) is 10.1 Å². The zero-order valence-corrected chi connectivity index (χ0v) is 11.0. The molecule has 1 heterocycles. The van der Waals surface area contributed by atoms with Crippen LogP contribution in [0.3, 0.4) is 0 Å². The van der Waals surface area contributed by atoms with Crippen LogP contribution in [0.1, 0.15) is 11.3 Å². The van der Waals surface area contributed by atoms with Gasteiger partial charge in [0, 0.05) is 18.0 Å². The first-order chi connectivity index (χ1) is 9.13. The van der Waals surface area contributed by atoms with Crippen LogP contribution in [0.5, 0.6) is 0 Å². The summed E-state index contributed by atoms with van der Waals surface area (Å²) in [5, 5.41) is 11.4. The number of nitrogens with zero attached hydrogens (tertiary/aromatic N) is 2. The van der Waals surface area contributed by atoms with E-state index in [4.69, 9.17) is 17.3 Å². The van der Waals surface area contributed by atoms with Crippen molar-refractivity contribution in [3.05, 3.63) is 62.9 Å². The van der Waals surface area contributed by atoms with E-state index in [1.165, 1.54) is 6.07 Å². The number of nitro groups is 1. The van der Waals surface area contributed by atoms with Crippen molar-refractivity contribution in [2.45, 2.75) is 13.0 Å². The summed E-state index contributed by atoms with van der Waals surface area (Å²) in [6.45, 7) is 0.910. The zero-order chi connectivity index (χ0) is 13.8. The monoisotopic (exact) mass is 279 g/mol. The predicted molar refractivity (Wildman–Crippen MR) is 74.4 cm³/mol. The number of halogens is 1. The molecule has 19 heavy (non-hydrogen) atoms. The second kappa shape index (κ2) is 5.86. The summed E-state index contributed by atoms with van der Waals surface area (Å²) in [5.74, 6) is 0. The van der Waals surface area contributed by atoms with Gasteiger partial charge in [0.1, 0.15) is 0 Å². The van der Waals surface area contributed by atoms with Crippen molar-refractivity contribution in [2.24, 2.45) is 5.73 Å². The maximum absolute atomic E-state index is 11.0. The molecule has 0 radical (unpaired) electrons. The second-order valence-corrected chi connectivity index (χ2v) is 4.57. The van der Waals surface area contributed by atoms with Crippen molar-refractivity contribution in [3.63, 3.8) is 0 Å². The van der Waals surface area contributed by atoms with Gasteiger partial charge in [0.15, 0.2) is 0 Å². The minimum Gasteiger partial charge on any atom is -0.347 e. The maximum atomic E-state index is 11.0. The average Bonchev–Trinajstić information content (AvgIpc) is 2.79. The van der Waals surface area contributed by atoms with E-state index in [-0.39, 0.29) is 5.69 Å². The van der Waals surface area contributed by atoms with E-state index in [1.54, 1.807) is 12.1 Å². The number of nitro benzene ring substituents is 1. The Bertz CT molecular complexity index is 595. The van der Waals surface area contributed by atoms with Crippen molar-refractivity contribution >= 4 is 17.3 Å². The summed E-state index contributed by atoms with van der Waals surface area (Å²) < 4.78 is 1.93. The van der Waals surface area contributed by atoms with E-state index in [0.717, 1.165) is 12.1 Å². The van der Waals surface area contributed by atoms with Crippen LogP contribution in [0.2, 0.25) is 5.02 Å². The van der Waals surface area contributed by atoms with Gasteiger partial charge in [-0.25, -0.2) is 0 Å². The average molecular weight is 280 g/mol. The van der Waals surface area contributed by atoms with E-state index in [2.05, 4.69) is 0 Å². The fourth-order valence-corrected chi connectivity index (χ4v) is 2.25. The highest BCUT2D eigenvalue weighted by molar-refractivity contribution is 6.31. The Morgan fingerprint density at radius 3 is 2.79 bits per heavy atom. The lowest BCUT2D eigenvalue weighted by Gasteiger charge is -2.10. The third-order valence-electron chi connectivity index (χ3n) is 2.94. The topological polar surface area (TPSA) is 74.1 Å². The summed E-state index contributed by atoms with van der Waals surface area (Å²) in [7, 11) is 0. The highest BCUT2D eigenvalue weighted by atomic mass is 35.5. The Balaban J connectivity index is 2.37. The van der Waals surface area contributed by atoms with Gasteiger partial charge in [-0.3, -0.25) is 10.1 Å². The van der Waals surface area contributed by atoms with Gasteiger partial charge in [-0.1, -0.05) is 17.7 Å². The van der Waals surface area contributed by atoms with Gasteiger partial charge < -0.3 is 10.3 Å². The van der Waals surface area contributed by atoms with Crippen LogP contribution in [-0.2, 0) is 13.0 Å². The van der Waals surface area contributed by atoms with E-state index < -0.39 is 4.92 Å². The number of aromatic nitrogens is 1. The van der Waals surface area contributed by atoms with Crippen LogP contribution in [0.25, 0.3) is 0 Å². The molecule has 2 rings (SSSR count). The molecule has 0 atom stereocenters. The van der Waals surface area contributed by atoms with Crippen LogP contribution >= 0.6 is 11.6 Å². The molecule has 0 aliphatic rings. The first-order valence-electron chi connectivity index (χ1n) is 5.89. The Morgan fingerprint density at radius 1 is 1.32 bits per heavy atom. The van der Waals surface area contributed by atoms with Gasteiger partial charge in [0.05, 0.1) is 22.1 Å². The number of nitrogens with two attached hydrogens (primary N) is 1.